The van der Waals surface area contributed by atoms with Crippen molar-refractivity contribution in [1.82, 2.24) is 25.9 Å². The number of thiophene rings is 1. The molecule has 1 aliphatic heterocycles. The molecule has 4 amide bonds. The Kier molecular flexibility index (Phi) is 15.8. The van der Waals surface area contributed by atoms with Crippen molar-refractivity contribution < 1.29 is 44.0 Å². The lowest BCUT2D eigenvalue weighted by atomic mass is 9.85. The number of amides is 4. The Morgan fingerprint density at radius 3 is 2.19 bits per heavy atom. The average Bonchev–Trinajstić information content (AvgIpc) is 4.09. The molecule has 0 aliphatic carbocycles. The van der Waals surface area contributed by atoms with E-state index >= 15 is 0 Å². The fourth-order valence-electron chi connectivity index (χ4n) is 8.46. The Morgan fingerprint density at radius 1 is 0.847 bits per heavy atom. The Labute approximate surface area is 425 Å². The van der Waals surface area contributed by atoms with Gasteiger partial charge in [0, 0.05) is 39.1 Å². The fraction of sp³-hybridized carbons (Fsp3) is 0.273. The summed E-state index contributed by atoms with van der Waals surface area (Å²) < 4.78 is 12.3. The minimum absolute atomic E-state index is 0.0414. The summed E-state index contributed by atoms with van der Waals surface area (Å²) in [7, 11) is 0. The number of phenols is 2. The Hall–Kier alpha value is -7.44. The van der Waals surface area contributed by atoms with Gasteiger partial charge in [0.2, 0.25) is 17.7 Å². The molecule has 0 radical (unpaired) electrons. The van der Waals surface area contributed by atoms with E-state index in [1.54, 1.807) is 72.0 Å². The van der Waals surface area contributed by atoms with Crippen molar-refractivity contribution >= 4 is 62.6 Å². The van der Waals surface area contributed by atoms with Crippen molar-refractivity contribution in [2.75, 3.05) is 26.4 Å². The smallest absolute Gasteiger partial charge is 0.271 e. The number of hydrogen-bond acceptors (Lipinski definition) is 13. The van der Waals surface area contributed by atoms with Crippen molar-refractivity contribution in [3.05, 3.63) is 143 Å². The standard InChI is InChI=1S/C55H56N6O9S2/c1-32(35-8-12-37(13-9-35)49-33(2)56-31-71-49)58-53(67)45-26-42(64)29-61(45)54(68)51(55(3,4)5)59-47(65)30-69-24-25-70-43-21-6-34(7-22-43)28-57-60-52(66)39-14-10-36(11-15-39)48-44-23-20-41(63)27-46(44)72-50(48)38-16-18-40(62)19-17-38/h6-23,27-28,31-32,42,45,51,62-64H,24-26,29-30H2,1-5H3,(H,58,67)(H,59,65)(H,60,66)/b57-28+/t32-,42+,45-,51+/m0/s1. The van der Waals surface area contributed by atoms with Gasteiger partial charge >= 0.3 is 0 Å². The summed E-state index contributed by atoms with van der Waals surface area (Å²) in [5.41, 5.74) is 10.4. The van der Waals surface area contributed by atoms with Crippen molar-refractivity contribution in [2.24, 2.45) is 10.5 Å². The lowest BCUT2D eigenvalue weighted by Crippen LogP contribution is -2.58. The fourth-order valence-corrected chi connectivity index (χ4v) is 10.5. The quantitative estimate of drug-likeness (QED) is 0.0291. The number of benzene rings is 5. The van der Waals surface area contributed by atoms with Gasteiger partial charge in [0.25, 0.3) is 5.91 Å². The van der Waals surface area contributed by atoms with Gasteiger partial charge in [-0.25, -0.2) is 10.4 Å². The highest BCUT2D eigenvalue weighted by Gasteiger charge is 2.44. The SMILES string of the molecule is Cc1ncsc1-c1ccc([C@H](C)NC(=O)[C@@H]2C[C@@H](O)CN2C(=O)[C@@H](NC(=O)COCCOc2ccc(/C=N/NC(=O)c3ccc(-c4c(-c5ccc(O)cc5)sc5cc(O)ccc45)cc3)cc2)C(C)(C)C)cc1. The number of aromatic nitrogens is 1. The summed E-state index contributed by atoms with van der Waals surface area (Å²) in [5.74, 6) is -0.881. The van der Waals surface area contributed by atoms with E-state index in [9.17, 15) is 34.5 Å². The number of thiazole rings is 1. The highest BCUT2D eigenvalue weighted by atomic mass is 32.1. The average molecular weight is 1010 g/mol. The van der Waals surface area contributed by atoms with Gasteiger partial charge in [0.05, 0.1) is 41.0 Å². The molecule has 15 nitrogen and oxygen atoms in total. The van der Waals surface area contributed by atoms with Crippen molar-refractivity contribution in [2.45, 2.75) is 65.3 Å². The zero-order chi connectivity index (χ0) is 51.1. The van der Waals surface area contributed by atoms with Gasteiger partial charge in [0.1, 0.15) is 42.5 Å². The Balaban J connectivity index is 0.776. The highest BCUT2D eigenvalue weighted by Crippen LogP contribution is 2.46. The maximum atomic E-state index is 14.1. The van der Waals surface area contributed by atoms with Gasteiger partial charge < -0.3 is 40.3 Å². The summed E-state index contributed by atoms with van der Waals surface area (Å²) in [6.45, 7) is 9.13. The molecule has 72 heavy (non-hydrogen) atoms. The van der Waals surface area contributed by atoms with Gasteiger partial charge in [-0.05, 0) is 126 Å². The van der Waals surface area contributed by atoms with Crippen LogP contribution in [0.3, 0.4) is 0 Å². The number of nitrogens with one attached hydrogen (secondary N) is 3. The number of aromatic hydroxyl groups is 2. The molecule has 17 heteroatoms. The van der Waals surface area contributed by atoms with Crippen LogP contribution in [0.1, 0.15) is 67.3 Å². The number of hydrazone groups is 1. The van der Waals surface area contributed by atoms with Crippen LogP contribution in [0, 0.1) is 12.3 Å². The number of aliphatic hydroxyl groups excluding tert-OH is 1. The van der Waals surface area contributed by atoms with Crippen LogP contribution in [0.15, 0.2) is 126 Å². The molecular weight excluding hydrogens is 953 g/mol. The third-order valence-electron chi connectivity index (χ3n) is 12.3. The second-order valence-corrected chi connectivity index (χ2v) is 20.6. The first kappa shape index (κ1) is 50.9. The molecule has 7 aromatic rings. The second-order valence-electron chi connectivity index (χ2n) is 18.7. The summed E-state index contributed by atoms with van der Waals surface area (Å²) in [6.07, 6.45) is 0.684. The molecule has 0 spiro atoms. The zero-order valence-corrected chi connectivity index (χ0v) is 42.1. The van der Waals surface area contributed by atoms with Gasteiger partial charge in [-0.2, -0.15) is 5.10 Å². The molecule has 8 rings (SSSR count). The molecule has 0 bridgehead atoms. The molecular formula is C55H56N6O9S2. The third-order valence-corrected chi connectivity index (χ3v) is 14.5. The zero-order valence-electron chi connectivity index (χ0n) is 40.4. The number of hydrogen-bond donors (Lipinski definition) is 6. The largest absolute Gasteiger partial charge is 0.508 e. The summed E-state index contributed by atoms with van der Waals surface area (Å²) in [4.78, 5) is 61.6. The van der Waals surface area contributed by atoms with E-state index < -0.39 is 41.3 Å². The van der Waals surface area contributed by atoms with E-state index in [0.717, 1.165) is 53.4 Å². The molecule has 0 saturated carbocycles. The van der Waals surface area contributed by atoms with Crippen molar-refractivity contribution in [1.29, 1.82) is 0 Å². The summed E-state index contributed by atoms with van der Waals surface area (Å²) in [5, 5.41) is 41.5. The molecule has 1 aliphatic rings. The molecule has 1 fully saturated rings. The monoisotopic (exact) mass is 1010 g/mol. The molecule has 1 saturated heterocycles. The topological polar surface area (TPSA) is 212 Å². The van der Waals surface area contributed by atoms with Crippen molar-refractivity contribution in [3.63, 3.8) is 0 Å². The first-order valence-electron chi connectivity index (χ1n) is 23.4. The maximum Gasteiger partial charge on any atom is 0.271 e. The number of ether oxygens (including phenoxy) is 2. The van der Waals surface area contributed by atoms with Crippen LogP contribution in [0.5, 0.6) is 17.2 Å². The van der Waals surface area contributed by atoms with E-state index in [2.05, 4.69) is 26.1 Å². The van der Waals surface area contributed by atoms with E-state index in [0.29, 0.717) is 16.9 Å². The van der Waals surface area contributed by atoms with Crippen LogP contribution in [0.25, 0.3) is 42.1 Å². The number of likely N-dealkylation sites (tertiary alicyclic amines) is 1. The van der Waals surface area contributed by atoms with Crippen LogP contribution < -0.4 is 20.8 Å². The number of carbonyl (C=O) groups excluding carboxylic acids is 4. The minimum Gasteiger partial charge on any atom is -0.508 e. The predicted molar refractivity (Wildman–Crippen MR) is 280 cm³/mol. The number of aliphatic hydroxyl groups is 1. The molecule has 6 N–H and O–H groups in total. The van der Waals surface area contributed by atoms with Crippen LogP contribution in [-0.2, 0) is 19.1 Å². The Morgan fingerprint density at radius 2 is 1.51 bits per heavy atom. The van der Waals surface area contributed by atoms with Gasteiger partial charge in [-0.3, -0.25) is 19.2 Å². The third kappa shape index (κ3) is 12.2. The minimum atomic E-state index is -1.00. The number of nitrogens with zero attached hydrogens (tertiary/aromatic N) is 3. The van der Waals surface area contributed by atoms with Gasteiger partial charge in [-0.1, -0.05) is 57.2 Å². The first-order valence-corrected chi connectivity index (χ1v) is 25.1. The predicted octanol–water partition coefficient (Wildman–Crippen LogP) is 8.61. The van der Waals surface area contributed by atoms with E-state index in [-0.39, 0.29) is 56.2 Å². The molecule has 2 aromatic heterocycles. The maximum absolute atomic E-state index is 14.1. The van der Waals surface area contributed by atoms with Gasteiger partial charge in [0.15, 0.2) is 0 Å². The molecule has 0 unspecified atom stereocenters. The Bertz CT molecular complexity index is 3070. The van der Waals surface area contributed by atoms with Crippen LogP contribution in [0.4, 0.5) is 0 Å². The highest BCUT2D eigenvalue weighted by molar-refractivity contribution is 7.23. The molecule has 372 valence electrons. The van der Waals surface area contributed by atoms with Crippen LogP contribution in [-0.4, -0.2) is 99.6 Å². The number of phenolic OH excluding ortho intramolecular Hbond substituents is 2. The molecule has 4 atom stereocenters. The van der Waals surface area contributed by atoms with Crippen LogP contribution >= 0.6 is 22.7 Å². The first-order chi connectivity index (χ1) is 34.5. The summed E-state index contributed by atoms with van der Waals surface area (Å²) in [6, 6.07) is 32.0. The second kappa shape index (κ2) is 22.3. The lowest BCUT2D eigenvalue weighted by Gasteiger charge is -2.35. The lowest BCUT2D eigenvalue weighted by molar-refractivity contribution is -0.144. The van der Waals surface area contributed by atoms with E-state index in [1.165, 1.54) is 22.5 Å². The van der Waals surface area contributed by atoms with Crippen LogP contribution in [0.2, 0.25) is 0 Å². The summed E-state index contributed by atoms with van der Waals surface area (Å²) >= 11 is 3.10. The number of carbonyl (C=O) groups is 4. The van der Waals surface area contributed by atoms with E-state index in [4.69, 9.17) is 9.47 Å². The van der Waals surface area contributed by atoms with Gasteiger partial charge in [-0.15, -0.1) is 22.7 Å². The number of β-amino-alcohol motifs (C(OH)–C–C–N with tert-alkyl or cyclic N) is 1. The number of rotatable bonds is 17. The van der Waals surface area contributed by atoms with Crippen molar-refractivity contribution in [3.8, 4) is 49.3 Å². The number of fused-ring (bicyclic) bond motifs is 1. The molecule has 3 heterocycles. The van der Waals surface area contributed by atoms with E-state index in [1.807, 2.05) is 94.7 Å². The number of aryl methyl sites for hydroxylation is 1. The molecule has 5 aromatic carbocycles. The normalized spacial score (nSPS) is 15.6.